The van der Waals surface area contributed by atoms with Gasteiger partial charge in [-0.2, -0.15) is 0 Å². The van der Waals surface area contributed by atoms with Crippen LogP contribution in [0.4, 0.5) is 0 Å². The number of rotatable bonds is 4. The number of carbonyl (C=O) groups excluding carboxylic acids is 1. The number of hydrogen-bond donors (Lipinski definition) is 4. The highest BCUT2D eigenvalue weighted by atomic mass is 16.5. The van der Waals surface area contributed by atoms with E-state index in [2.05, 4.69) is 0 Å². The van der Waals surface area contributed by atoms with Gasteiger partial charge in [0.25, 0.3) is 0 Å². The molecule has 13 heavy (non-hydrogen) atoms. The van der Waals surface area contributed by atoms with Gasteiger partial charge < -0.3 is 10.2 Å². The highest BCUT2D eigenvalue weighted by Crippen LogP contribution is 2.15. The molecule has 4 N–H and O–H groups in total. The Kier molecular flexibility index (Phi) is 4.36. The SMILES string of the molecule is CC(C)[C@H](C(=O)NO)[C@@H](O)C(=O)O. The molecule has 0 aromatic heterocycles. The van der Waals surface area contributed by atoms with E-state index < -0.39 is 23.9 Å². The topological polar surface area (TPSA) is 107 Å². The predicted octanol–water partition coefficient (Wildman–Crippen LogP) is -0.790. The van der Waals surface area contributed by atoms with E-state index in [1.165, 1.54) is 5.48 Å². The van der Waals surface area contributed by atoms with Crippen molar-refractivity contribution in [2.75, 3.05) is 0 Å². The molecule has 0 bridgehead atoms. The fourth-order valence-corrected chi connectivity index (χ4v) is 1.04. The minimum absolute atomic E-state index is 0.377. The molecule has 0 aliphatic heterocycles. The van der Waals surface area contributed by atoms with E-state index in [-0.39, 0.29) is 5.92 Å². The first-order valence-electron chi connectivity index (χ1n) is 3.76. The molecule has 0 saturated heterocycles. The van der Waals surface area contributed by atoms with Gasteiger partial charge in [-0.1, -0.05) is 13.8 Å². The monoisotopic (exact) mass is 191 g/mol. The van der Waals surface area contributed by atoms with Crippen molar-refractivity contribution in [3.63, 3.8) is 0 Å². The lowest BCUT2D eigenvalue weighted by Crippen LogP contribution is -2.43. The van der Waals surface area contributed by atoms with E-state index in [9.17, 15) is 9.59 Å². The number of nitrogens with one attached hydrogen (secondary N) is 1. The minimum Gasteiger partial charge on any atom is -0.479 e. The zero-order valence-corrected chi connectivity index (χ0v) is 7.39. The van der Waals surface area contributed by atoms with Crippen LogP contribution >= 0.6 is 0 Å². The Morgan fingerprint density at radius 2 is 1.77 bits per heavy atom. The molecule has 0 aliphatic rings. The number of hydroxylamine groups is 1. The van der Waals surface area contributed by atoms with Gasteiger partial charge >= 0.3 is 5.97 Å². The van der Waals surface area contributed by atoms with Crippen molar-refractivity contribution in [1.29, 1.82) is 0 Å². The molecule has 0 fully saturated rings. The fourth-order valence-electron chi connectivity index (χ4n) is 1.04. The second-order valence-electron chi connectivity index (χ2n) is 3.03. The summed E-state index contributed by atoms with van der Waals surface area (Å²) in [5, 5.41) is 25.8. The summed E-state index contributed by atoms with van der Waals surface area (Å²) < 4.78 is 0. The maximum atomic E-state index is 10.9. The molecule has 1 amide bonds. The zero-order chi connectivity index (χ0) is 10.6. The van der Waals surface area contributed by atoms with Crippen LogP contribution in [0.2, 0.25) is 0 Å². The van der Waals surface area contributed by atoms with E-state index in [1.54, 1.807) is 13.8 Å². The molecule has 0 unspecified atom stereocenters. The summed E-state index contributed by atoms with van der Waals surface area (Å²) in [4.78, 5) is 21.3. The maximum Gasteiger partial charge on any atom is 0.333 e. The number of carboxylic acid groups (broad SMARTS) is 1. The van der Waals surface area contributed by atoms with Crippen LogP contribution in [-0.2, 0) is 9.59 Å². The Bertz CT molecular complexity index is 203. The van der Waals surface area contributed by atoms with E-state index in [4.69, 9.17) is 15.4 Å². The quantitative estimate of drug-likeness (QED) is 0.344. The number of aliphatic hydroxyl groups excluding tert-OH is 1. The van der Waals surface area contributed by atoms with Gasteiger partial charge in [0.2, 0.25) is 5.91 Å². The van der Waals surface area contributed by atoms with Crippen molar-refractivity contribution in [3.8, 4) is 0 Å². The van der Waals surface area contributed by atoms with Gasteiger partial charge in [0.1, 0.15) is 0 Å². The third kappa shape index (κ3) is 3.00. The second kappa shape index (κ2) is 4.78. The first kappa shape index (κ1) is 11.9. The predicted molar refractivity (Wildman–Crippen MR) is 41.9 cm³/mol. The first-order chi connectivity index (χ1) is 5.91. The summed E-state index contributed by atoms with van der Waals surface area (Å²) in [6.45, 7) is 3.15. The van der Waals surface area contributed by atoms with Crippen LogP contribution in [0.3, 0.4) is 0 Å². The summed E-state index contributed by atoms with van der Waals surface area (Å²) >= 11 is 0. The molecule has 6 nitrogen and oxygen atoms in total. The lowest BCUT2D eigenvalue weighted by Gasteiger charge is -2.20. The van der Waals surface area contributed by atoms with Gasteiger partial charge in [0.15, 0.2) is 6.10 Å². The Morgan fingerprint density at radius 1 is 1.31 bits per heavy atom. The molecule has 76 valence electrons. The molecule has 0 radical (unpaired) electrons. The van der Waals surface area contributed by atoms with Crippen molar-refractivity contribution < 1.29 is 25.0 Å². The molecule has 0 aromatic carbocycles. The maximum absolute atomic E-state index is 10.9. The summed E-state index contributed by atoms with van der Waals surface area (Å²) in [5.41, 5.74) is 1.32. The number of aliphatic carboxylic acids is 1. The van der Waals surface area contributed by atoms with Gasteiger partial charge in [0, 0.05) is 0 Å². The summed E-state index contributed by atoms with van der Waals surface area (Å²) in [5.74, 6) is -3.91. The van der Waals surface area contributed by atoms with Crippen LogP contribution in [0, 0.1) is 11.8 Å². The third-order valence-corrected chi connectivity index (χ3v) is 1.72. The highest BCUT2D eigenvalue weighted by Gasteiger charge is 2.34. The molecule has 0 spiro atoms. The zero-order valence-electron chi connectivity index (χ0n) is 7.39. The lowest BCUT2D eigenvalue weighted by atomic mass is 9.89. The van der Waals surface area contributed by atoms with Crippen molar-refractivity contribution in [2.24, 2.45) is 11.8 Å². The van der Waals surface area contributed by atoms with Gasteiger partial charge in [-0.15, -0.1) is 0 Å². The molecule has 2 atom stereocenters. The van der Waals surface area contributed by atoms with E-state index >= 15 is 0 Å². The lowest BCUT2D eigenvalue weighted by molar-refractivity contribution is -0.157. The average Bonchev–Trinajstić information content (AvgIpc) is 2.03. The molecule has 0 heterocycles. The molecule has 0 aliphatic carbocycles. The van der Waals surface area contributed by atoms with Crippen molar-refractivity contribution in [1.82, 2.24) is 5.48 Å². The van der Waals surface area contributed by atoms with Gasteiger partial charge in [0.05, 0.1) is 5.92 Å². The number of aliphatic hydroxyl groups is 1. The Labute approximate surface area is 75.1 Å². The Hall–Kier alpha value is -1.14. The Morgan fingerprint density at radius 3 is 2.00 bits per heavy atom. The summed E-state index contributed by atoms with van der Waals surface area (Å²) in [7, 11) is 0. The van der Waals surface area contributed by atoms with Crippen molar-refractivity contribution in [3.05, 3.63) is 0 Å². The van der Waals surface area contributed by atoms with Crippen LogP contribution in [0.25, 0.3) is 0 Å². The molecular weight excluding hydrogens is 178 g/mol. The molecule has 6 heteroatoms. The van der Waals surface area contributed by atoms with Crippen LogP contribution < -0.4 is 5.48 Å². The van der Waals surface area contributed by atoms with E-state index in [0.29, 0.717) is 0 Å². The van der Waals surface area contributed by atoms with Gasteiger partial charge in [-0.3, -0.25) is 10.0 Å². The molecule has 0 rings (SSSR count). The first-order valence-corrected chi connectivity index (χ1v) is 3.76. The average molecular weight is 191 g/mol. The smallest absolute Gasteiger partial charge is 0.333 e. The van der Waals surface area contributed by atoms with Crippen molar-refractivity contribution in [2.45, 2.75) is 20.0 Å². The van der Waals surface area contributed by atoms with E-state index in [1.807, 2.05) is 0 Å². The van der Waals surface area contributed by atoms with Crippen LogP contribution in [0.15, 0.2) is 0 Å². The molecular formula is C7H13NO5. The van der Waals surface area contributed by atoms with Crippen LogP contribution in [-0.4, -0.2) is 33.4 Å². The third-order valence-electron chi connectivity index (χ3n) is 1.72. The Balaban J connectivity index is 4.60. The molecule has 0 saturated carbocycles. The van der Waals surface area contributed by atoms with E-state index in [0.717, 1.165) is 0 Å². The summed E-state index contributed by atoms with van der Waals surface area (Å²) in [6.07, 6.45) is -1.80. The van der Waals surface area contributed by atoms with Gasteiger partial charge in [-0.25, -0.2) is 10.3 Å². The van der Waals surface area contributed by atoms with Crippen molar-refractivity contribution >= 4 is 11.9 Å². The number of carboxylic acids is 1. The fraction of sp³-hybridized carbons (Fsp3) is 0.714. The minimum atomic E-state index is -1.80. The standard InChI is InChI=1S/C7H13NO5/c1-3(2)4(6(10)8-13)5(9)7(11)12/h3-5,9,13H,1-2H3,(H,8,10)(H,11,12)/t4-,5+/m0/s1. The number of amides is 1. The normalized spacial score (nSPS) is 15.2. The number of carbonyl (C=O) groups is 2. The van der Waals surface area contributed by atoms with Crippen LogP contribution in [0.5, 0.6) is 0 Å². The second-order valence-corrected chi connectivity index (χ2v) is 3.03. The number of hydrogen-bond acceptors (Lipinski definition) is 4. The molecule has 0 aromatic rings. The largest absolute Gasteiger partial charge is 0.479 e. The van der Waals surface area contributed by atoms with Gasteiger partial charge in [-0.05, 0) is 5.92 Å². The highest BCUT2D eigenvalue weighted by molar-refractivity contribution is 5.85. The van der Waals surface area contributed by atoms with Crippen LogP contribution in [0.1, 0.15) is 13.8 Å². The summed E-state index contributed by atoms with van der Waals surface area (Å²) in [6, 6.07) is 0.